The third kappa shape index (κ3) is 2.82. The zero-order valence-corrected chi connectivity index (χ0v) is 12.2. The largest absolute Gasteiger partial charge is 0.330 e. The molecule has 1 amide bonds. The van der Waals surface area contributed by atoms with Gasteiger partial charge in [0.1, 0.15) is 5.69 Å². The molecule has 5 nitrogen and oxygen atoms in total. The lowest BCUT2D eigenvalue weighted by atomic mass is 10.1. The van der Waals surface area contributed by atoms with Crippen LogP contribution in [0.3, 0.4) is 0 Å². The van der Waals surface area contributed by atoms with Crippen LogP contribution in [0.25, 0.3) is 0 Å². The molecular weight excluding hydrogens is 264 g/mol. The summed E-state index contributed by atoms with van der Waals surface area (Å²) in [6, 6.07) is 5.96. The van der Waals surface area contributed by atoms with Gasteiger partial charge in [-0.2, -0.15) is 5.10 Å². The van der Waals surface area contributed by atoms with Crippen LogP contribution in [0.15, 0.2) is 30.6 Å². The minimum absolute atomic E-state index is 0.0138. The highest BCUT2D eigenvalue weighted by Gasteiger charge is 2.31. The molecule has 1 aliphatic heterocycles. The molecule has 0 unspecified atom stereocenters. The summed E-state index contributed by atoms with van der Waals surface area (Å²) >= 11 is 0. The van der Waals surface area contributed by atoms with Gasteiger partial charge in [-0.3, -0.25) is 14.9 Å². The van der Waals surface area contributed by atoms with Crippen LogP contribution in [0.1, 0.15) is 54.0 Å². The molecular formula is C16H20N4O. The number of aromatic nitrogens is 3. The summed E-state index contributed by atoms with van der Waals surface area (Å²) in [7, 11) is 0. The Morgan fingerprint density at radius 2 is 2.43 bits per heavy atom. The molecule has 0 saturated carbocycles. The van der Waals surface area contributed by atoms with Crippen molar-refractivity contribution in [2.75, 3.05) is 6.54 Å². The first kappa shape index (κ1) is 13.8. The Hall–Kier alpha value is -2.17. The van der Waals surface area contributed by atoms with E-state index in [2.05, 4.69) is 22.1 Å². The second-order valence-corrected chi connectivity index (χ2v) is 5.47. The topological polar surface area (TPSA) is 61.9 Å². The smallest absolute Gasteiger partial charge is 0.274 e. The second-order valence-electron chi connectivity index (χ2n) is 5.47. The number of nitrogens with zero attached hydrogens (tertiary/aromatic N) is 3. The predicted octanol–water partition coefficient (Wildman–Crippen LogP) is 2.73. The van der Waals surface area contributed by atoms with Crippen LogP contribution in [0.5, 0.6) is 0 Å². The lowest BCUT2D eigenvalue weighted by molar-refractivity contribution is 0.0729. The zero-order valence-electron chi connectivity index (χ0n) is 12.2. The molecule has 0 aliphatic carbocycles. The van der Waals surface area contributed by atoms with E-state index in [9.17, 15) is 4.79 Å². The monoisotopic (exact) mass is 284 g/mol. The Morgan fingerprint density at radius 3 is 3.19 bits per heavy atom. The SMILES string of the molecule is CCCc1cc(C(=O)N2CCC[C@@H]2c2cccnc2)n[nH]1. The Bertz CT molecular complexity index is 608. The van der Waals surface area contributed by atoms with E-state index in [0.717, 1.165) is 43.5 Å². The molecule has 3 heterocycles. The Balaban J connectivity index is 1.79. The van der Waals surface area contributed by atoms with Gasteiger partial charge in [-0.05, 0) is 37.0 Å². The number of hydrogen-bond acceptors (Lipinski definition) is 3. The minimum atomic E-state index is 0.0138. The number of pyridine rings is 1. The minimum Gasteiger partial charge on any atom is -0.330 e. The molecule has 0 radical (unpaired) electrons. The van der Waals surface area contributed by atoms with Crippen molar-refractivity contribution in [1.82, 2.24) is 20.1 Å². The van der Waals surface area contributed by atoms with E-state index in [1.807, 2.05) is 29.3 Å². The molecule has 2 aromatic rings. The number of hydrogen-bond donors (Lipinski definition) is 1. The number of H-pyrrole nitrogens is 1. The first-order chi connectivity index (χ1) is 10.3. The predicted molar refractivity (Wildman–Crippen MR) is 79.8 cm³/mol. The third-order valence-corrected chi connectivity index (χ3v) is 3.95. The van der Waals surface area contributed by atoms with E-state index >= 15 is 0 Å². The van der Waals surface area contributed by atoms with Crippen molar-refractivity contribution in [3.05, 3.63) is 47.5 Å². The van der Waals surface area contributed by atoms with Gasteiger partial charge >= 0.3 is 0 Å². The fourth-order valence-corrected chi connectivity index (χ4v) is 2.95. The number of carbonyl (C=O) groups excluding carboxylic acids is 1. The van der Waals surface area contributed by atoms with E-state index in [4.69, 9.17) is 0 Å². The summed E-state index contributed by atoms with van der Waals surface area (Å²) in [5, 5.41) is 7.13. The lowest BCUT2D eigenvalue weighted by Crippen LogP contribution is -2.30. The summed E-state index contributed by atoms with van der Waals surface area (Å²) in [5.74, 6) is 0.0138. The molecule has 2 aromatic heterocycles. The van der Waals surface area contributed by atoms with Crippen LogP contribution in [-0.4, -0.2) is 32.5 Å². The first-order valence-corrected chi connectivity index (χ1v) is 7.54. The molecule has 0 aromatic carbocycles. The molecule has 110 valence electrons. The molecule has 0 bridgehead atoms. The number of likely N-dealkylation sites (tertiary alicyclic amines) is 1. The van der Waals surface area contributed by atoms with Crippen LogP contribution in [0.4, 0.5) is 0 Å². The molecule has 3 rings (SSSR count). The van der Waals surface area contributed by atoms with Gasteiger partial charge in [-0.25, -0.2) is 0 Å². The van der Waals surface area contributed by atoms with Crippen LogP contribution in [0, 0.1) is 0 Å². The maximum absolute atomic E-state index is 12.7. The quantitative estimate of drug-likeness (QED) is 0.939. The van der Waals surface area contributed by atoms with Crippen LogP contribution in [-0.2, 0) is 6.42 Å². The molecule has 1 atom stereocenters. The van der Waals surface area contributed by atoms with E-state index in [1.165, 1.54) is 0 Å². The molecule has 1 aliphatic rings. The van der Waals surface area contributed by atoms with Gasteiger partial charge in [-0.1, -0.05) is 19.4 Å². The van der Waals surface area contributed by atoms with Crippen LogP contribution < -0.4 is 0 Å². The Labute approximate surface area is 124 Å². The van der Waals surface area contributed by atoms with Crippen molar-refractivity contribution < 1.29 is 4.79 Å². The summed E-state index contributed by atoms with van der Waals surface area (Å²) in [4.78, 5) is 18.8. The zero-order chi connectivity index (χ0) is 14.7. The van der Waals surface area contributed by atoms with Gasteiger partial charge in [0, 0.05) is 24.6 Å². The van der Waals surface area contributed by atoms with Crippen molar-refractivity contribution in [3.8, 4) is 0 Å². The number of aromatic amines is 1. The number of rotatable bonds is 4. The van der Waals surface area contributed by atoms with Crippen molar-refractivity contribution in [1.29, 1.82) is 0 Å². The van der Waals surface area contributed by atoms with Gasteiger partial charge in [0.2, 0.25) is 0 Å². The van der Waals surface area contributed by atoms with Crippen LogP contribution >= 0.6 is 0 Å². The molecule has 5 heteroatoms. The van der Waals surface area contributed by atoms with Crippen LogP contribution in [0.2, 0.25) is 0 Å². The molecule has 1 saturated heterocycles. The molecule has 0 spiro atoms. The van der Waals surface area contributed by atoms with Gasteiger partial charge in [0.05, 0.1) is 6.04 Å². The lowest BCUT2D eigenvalue weighted by Gasteiger charge is -2.23. The first-order valence-electron chi connectivity index (χ1n) is 7.54. The molecule has 1 fully saturated rings. The fraction of sp³-hybridized carbons (Fsp3) is 0.438. The maximum atomic E-state index is 12.7. The highest BCUT2D eigenvalue weighted by Crippen LogP contribution is 2.32. The summed E-state index contributed by atoms with van der Waals surface area (Å²) in [6.07, 6.45) is 7.59. The van der Waals surface area contributed by atoms with Gasteiger partial charge in [-0.15, -0.1) is 0 Å². The normalized spacial score (nSPS) is 18.1. The van der Waals surface area contributed by atoms with E-state index in [-0.39, 0.29) is 11.9 Å². The fourth-order valence-electron chi connectivity index (χ4n) is 2.95. The van der Waals surface area contributed by atoms with Crippen molar-refractivity contribution in [3.63, 3.8) is 0 Å². The van der Waals surface area contributed by atoms with E-state index < -0.39 is 0 Å². The Morgan fingerprint density at radius 1 is 1.52 bits per heavy atom. The van der Waals surface area contributed by atoms with Gasteiger partial charge in [0.25, 0.3) is 5.91 Å². The van der Waals surface area contributed by atoms with Crippen molar-refractivity contribution in [2.24, 2.45) is 0 Å². The summed E-state index contributed by atoms with van der Waals surface area (Å²) < 4.78 is 0. The average Bonchev–Trinajstić information content (AvgIpc) is 3.17. The summed E-state index contributed by atoms with van der Waals surface area (Å²) in [6.45, 7) is 2.90. The average molecular weight is 284 g/mol. The standard InChI is InChI=1S/C16H20N4O/c1-2-5-13-10-14(19-18-13)16(21)20-9-4-7-15(20)12-6-3-8-17-11-12/h3,6,8,10-11,15H,2,4-5,7,9H2,1H3,(H,18,19)/t15-/m1/s1. The molecule has 21 heavy (non-hydrogen) atoms. The van der Waals surface area contributed by atoms with Gasteiger partial charge in [0.15, 0.2) is 0 Å². The molecule has 1 N–H and O–H groups in total. The van der Waals surface area contributed by atoms with E-state index in [1.54, 1.807) is 6.20 Å². The third-order valence-electron chi connectivity index (χ3n) is 3.95. The Kier molecular flexibility index (Phi) is 3.99. The van der Waals surface area contributed by atoms with Crippen molar-refractivity contribution in [2.45, 2.75) is 38.6 Å². The number of carbonyl (C=O) groups is 1. The van der Waals surface area contributed by atoms with E-state index in [0.29, 0.717) is 5.69 Å². The maximum Gasteiger partial charge on any atom is 0.274 e. The highest BCUT2D eigenvalue weighted by molar-refractivity contribution is 5.92. The summed E-state index contributed by atoms with van der Waals surface area (Å²) in [5.41, 5.74) is 2.65. The van der Waals surface area contributed by atoms with Gasteiger partial charge < -0.3 is 4.90 Å². The highest BCUT2D eigenvalue weighted by atomic mass is 16.2. The number of amides is 1. The van der Waals surface area contributed by atoms with Crippen molar-refractivity contribution >= 4 is 5.91 Å². The number of nitrogens with one attached hydrogen (secondary N) is 1. The number of aryl methyl sites for hydroxylation is 1. The second kappa shape index (κ2) is 6.08.